The lowest BCUT2D eigenvalue weighted by atomic mass is 10.1. The fourth-order valence-corrected chi connectivity index (χ4v) is 1.84. The molecule has 1 rings (SSSR count). The van der Waals surface area contributed by atoms with Crippen molar-refractivity contribution >= 4 is 12.0 Å². The van der Waals surface area contributed by atoms with E-state index in [-0.39, 0.29) is 0 Å². The number of carbonyl (C=O) groups is 1. The molecule has 15 heavy (non-hydrogen) atoms. The Bertz CT molecular complexity index is 344. The number of aryl methyl sites for hydroxylation is 1. The fourth-order valence-electron chi connectivity index (χ4n) is 1.84. The number of hydrogen-bond donors (Lipinski definition) is 0. The highest BCUT2D eigenvalue weighted by Crippen LogP contribution is 2.22. The van der Waals surface area contributed by atoms with Gasteiger partial charge in [-0.05, 0) is 39.8 Å². The van der Waals surface area contributed by atoms with Crippen molar-refractivity contribution in [3.8, 4) is 0 Å². The first kappa shape index (κ1) is 11.8. The standard InChI is InChI=1S/C13H19NO/c1-5-14(10(2)3)13-7-6-11(4)8-12(13)9-15/h6-10H,5H2,1-4H3. The maximum Gasteiger partial charge on any atom is 0.152 e. The molecule has 82 valence electrons. The van der Waals surface area contributed by atoms with Gasteiger partial charge in [-0.2, -0.15) is 0 Å². The van der Waals surface area contributed by atoms with E-state index in [0.717, 1.165) is 29.6 Å². The number of carbonyl (C=O) groups excluding carboxylic acids is 1. The van der Waals surface area contributed by atoms with Crippen molar-refractivity contribution in [1.29, 1.82) is 0 Å². The Balaban J connectivity index is 3.16. The van der Waals surface area contributed by atoms with Crippen LogP contribution in [0.4, 0.5) is 5.69 Å². The quantitative estimate of drug-likeness (QED) is 0.704. The lowest BCUT2D eigenvalue weighted by Gasteiger charge is -2.28. The average Bonchev–Trinajstić information content (AvgIpc) is 2.20. The second kappa shape index (κ2) is 4.96. The van der Waals surface area contributed by atoms with Gasteiger partial charge in [-0.15, -0.1) is 0 Å². The SMILES string of the molecule is CCN(c1ccc(C)cc1C=O)C(C)C. The molecule has 0 aliphatic heterocycles. The fraction of sp³-hybridized carbons (Fsp3) is 0.462. The summed E-state index contributed by atoms with van der Waals surface area (Å²) in [5.74, 6) is 0. The second-order valence-electron chi connectivity index (χ2n) is 4.06. The van der Waals surface area contributed by atoms with Gasteiger partial charge in [-0.1, -0.05) is 11.6 Å². The molecule has 0 bridgehead atoms. The van der Waals surface area contributed by atoms with Gasteiger partial charge in [0.25, 0.3) is 0 Å². The van der Waals surface area contributed by atoms with Crippen LogP contribution < -0.4 is 4.90 Å². The number of aldehydes is 1. The molecule has 0 radical (unpaired) electrons. The highest BCUT2D eigenvalue weighted by atomic mass is 16.1. The van der Waals surface area contributed by atoms with Crippen LogP contribution >= 0.6 is 0 Å². The molecule has 0 aromatic heterocycles. The van der Waals surface area contributed by atoms with Crippen molar-refractivity contribution in [1.82, 2.24) is 0 Å². The highest BCUT2D eigenvalue weighted by molar-refractivity contribution is 5.85. The number of rotatable bonds is 4. The molecule has 2 heteroatoms. The number of hydrogen-bond acceptors (Lipinski definition) is 2. The Morgan fingerprint density at radius 3 is 2.53 bits per heavy atom. The summed E-state index contributed by atoms with van der Waals surface area (Å²) in [6.45, 7) is 9.30. The van der Waals surface area contributed by atoms with Gasteiger partial charge in [0.15, 0.2) is 6.29 Å². The van der Waals surface area contributed by atoms with Crippen LogP contribution in [0.5, 0.6) is 0 Å². The average molecular weight is 205 g/mol. The van der Waals surface area contributed by atoms with E-state index in [4.69, 9.17) is 0 Å². The van der Waals surface area contributed by atoms with E-state index in [9.17, 15) is 4.79 Å². The second-order valence-corrected chi connectivity index (χ2v) is 4.06. The number of benzene rings is 1. The van der Waals surface area contributed by atoms with Gasteiger partial charge in [0.1, 0.15) is 0 Å². The molecule has 1 aromatic carbocycles. The van der Waals surface area contributed by atoms with Crippen LogP contribution in [0.15, 0.2) is 18.2 Å². The van der Waals surface area contributed by atoms with Crippen LogP contribution in [0.2, 0.25) is 0 Å². The van der Waals surface area contributed by atoms with Crippen molar-refractivity contribution in [3.63, 3.8) is 0 Å². The summed E-state index contributed by atoms with van der Waals surface area (Å²) in [5, 5.41) is 0. The molecular formula is C13H19NO. The van der Waals surface area contributed by atoms with Gasteiger partial charge in [0, 0.05) is 23.8 Å². The Morgan fingerprint density at radius 1 is 1.40 bits per heavy atom. The van der Waals surface area contributed by atoms with Gasteiger partial charge in [0.2, 0.25) is 0 Å². The van der Waals surface area contributed by atoms with Crippen molar-refractivity contribution in [3.05, 3.63) is 29.3 Å². The van der Waals surface area contributed by atoms with Crippen molar-refractivity contribution in [2.75, 3.05) is 11.4 Å². The van der Waals surface area contributed by atoms with Crippen LogP contribution in [-0.2, 0) is 0 Å². The Hall–Kier alpha value is -1.31. The van der Waals surface area contributed by atoms with Gasteiger partial charge >= 0.3 is 0 Å². The molecule has 0 amide bonds. The summed E-state index contributed by atoms with van der Waals surface area (Å²) in [5.41, 5.74) is 2.94. The van der Waals surface area contributed by atoms with E-state index in [1.807, 2.05) is 25.1 Å². The summed E-state index contributed by atoms with van der Waals surface area (Å²) in [4.78, 5) is 13.2. The Labute approximate surface area is 91.9 Å². The van der Waals surface area contributed by atoms with Crippen LogP contribution in [0.25, 0.3) is 0 Å². The predicted molar refractivity (Wildman–Crippen MR) is 64.7 cm³/mol. The molecule has 0 saturated heterocycles. The minimum Gasteiger partial charge on any atom is -0.369 e. The first-order valence-corrected chi connectivity index (χ1v) is 5.42. The zero-order valence-electron chi connectivity index (χ0n) is 9.95. The van der Waals surface area contributed by atoms with Crippen molar-refractivity contribution < 1.29 is 4.79 Å². The molecule has 2 nitrogen and oxygen atoms in total. The molecule has 1 aromatic rings. The van der Waals surface area contributed by atoms with Gasteiger partial charge in [0.05, 0.1) is 0 Å². The molecular weight excluding hydrogens is 186 g/mol. The van der Waals surface area contributed by atoms with Crippen LogP contribution in [0, 0.1) is 6.92 Å². The maximum atomic E-state index is 11.0. The zero-order chi connectivity index (χ0) is 11.4. The van der Waals surface area contributed by atoms with E-state index < -0.39 is 0 Å². The van der Waals surface area contributed by atoms with Crippen molar-refractivity contribution in [2.45, 2.75) is 33.7 Å². The lowest BCUT2D eigenvalue weighted by Crippen LogP contribution is -2.31. The van der Waals surface area contributed by atoms with Gasteiger partial charge < -0.3 is 4.90 Å². The van der Waals surface area contributed by atoms with Gasteiger partial charge in [-0.3, -0.25) is 4.79 Å². The van der Waals surface area contributed by atoms with Crippen molar-refractivity contribution in [2.24, 2.45) is 0 Å². The minimum atomic E-state index is 0.413. The predicted octanol–water partition coefficient (Wildman–Crippen LogP) is 3.04. The smallest absolute Gasteiger partial charge is 0.152 e. The third-order valence-electron chi connectivity index (χ3n) is 2.58. The molecule has 0 heterocycles. The van der Waals surface area contributed by atoms with E-state index in [0.29, 0.717) is 6.04 Å². The summed E-state index contributed by atoms with van der Waals surface area (Å²) < 4.78 is 0. The number of anilines is 1. The third kappa shape index (κ3) is 2.58. The monoisotopic (exact) mass is 205 g/mol. The van der Waals surface area contributed by atoms with E-state index >= 15 is 0 Å². The molecule has 0 unspecified atom stereocenters. The molecule has 0 saturated carbocycles. The first-order chi connectivity index (χ1) is 7.10. The Kier molecular flexibility index (Phi) is 3.89. The molecule has 0 spiro atoms. The topological polar surface area (TPSA) is 20.3 Å². The van der Waals surface area contributed by atoms with Gasteiger partial charge in [-0.25, -0.2) is 0 Å². The van der Waals surface area contributed by atoms with E-state index in [2.05, 4.69) is 25.7 Å². The largest absolute Gasteiger partial charge is 0.369 e. The molecule has 0 N–H and O–H groups in total. The molecule has 0 atom stereocenters. The summed E-state index contributed by atoms with van der Waals surface area (Å²) >= 11 is 0. The molecule has 0 aliphatic carbocycles. The minimum absolute atomic E-state index is 0.413. The summed E-state index contributed by atoms with van der Waals surface area (Å²) in [6.07, 6.45) is 0.938. The first-order valence-electron chi connectivity index (χ1n) is 5.42. The summed E-state index contributed by atoms with van der Waals surface area (Å²) in [6, 6.07) is 6.43. The third-order valence-corrected chi connectivity index (χ3v) is 2.58. The number of nitrogens with zero attached hydrogens (tertiary/aromatic N) is 1. The van der Waals surface area contributed by atoms with Crippen LogP contribution in [0.1, 0.15) is 36.7 Å². The highest BCUT2D eigenvalue weighted by Gasteiger charge is 2.12. The molecule has 0 fully saturated rings. The normalized spacial score (nSPS) is 10.5. The van der Waals surface area contributed by atoms with E-state index in [1.165, 1.54) is 0 Å². The molecule has 0 aliphatic rings. The van der Waals surface area contributed by atoms with E-state index in [1.54, 1.807) is 0 Å². The summed E-state index contributed by atoms with van der Waals surface area (Å²) in [7, 11) is 0. The lowest BCUT2D eigenvalue weighted by molar-refractivity contribution is 0.112. The zero-order valence-corrected chi connectivity index (χ0v) is 9.95. The van der Waals surface area contributed by atoms with Crippen LogP contribution in [0.3, 0.4) is 0 Å². The van der Waals surface area contributed by atoms with Crippen LogP contribution in [-0.4, -0.2) is 18.9 Å². The Morgan fingerprint density at radius 2 is 2.07 bits per heavy atom. The maximum absolute atomic E-state index is 11.0.